The van der Waals surface area contributed by atoms with Gasteiger partial charge < -0.3 is 20.5 Å². The van der Waals surface area contributed by atoms with Gasteiger partial charge in [-0.15, -0.1) is 0 Å². The Morgan fingerprint density at radius 2 is 1.94 bits per heavy atom. The van der Waals surface area contributed by atoms with Crippen molar-refractivity contribution in [3.8, 4) is 0 Å². The highest BCUT2D eigenvalue weighted by atomic mass is 35.5. The lowest BCUT2D eigenvalue weighted by atomic mass is 10.1. The van der Waals surface area contributed by atoms with Crippen molar-refractivity contribution in [3.05, 3.63) is 64.8 Å². The zero-order valence-corrected chi connectivity index (χ0v) is 19.4. The van der Waals surface area contributed by atoms with Crippen LogP contribution in [-0.2, 0) is 16.0 Å². The highest BCUT2D eigenvalue weighted by Gasteiger charge is 2.35. The van der Waals surface area contributed by atoms with Crippen molar-refractivity contribution in [2.45, 2.75) is 32.7 Å². The molecule has 0 spiro atoms. The Morgan fingerprint density at radius 3 is 2.64 bits per heavy atom. The molecule has 4 rings (SSSR count). The summed E-state index contributed by atoms with van der Waals surface area (Å²) >= 11 is 6.09. The second-order valence-electron chi connectivity index (χ2n) is 8.62. The number of aromatic nitrogens is 1. The maximum absolute atomic E-state index is 12.5. The predicted molar refractivity (Wildman–Crippen MR) is 129 cm³/mol. The van der Waals surface area contributed by atoms with Crippen molar-refractivity contribution >= 4 is 45.9 Å². The molecule has 0 bridgehead atoms. The van der Waals surface area contributed by atoms with Crippen LogP contribution in [0.15, 0.2) is 48.7 Å². The highest BCUT2D eigenvalue weighted by molar-refractivity contribution is 6.31. The first kappa shape index (κ1) is 22.9. The number of likely N-dealkylation sites (tertiary alicyclic amines) is 1. The van der Waals surface area contributed by atoms with E-state index in [0.717, 1.165) is 16.5 Å². The predicted octanol–water partition coefficient (Wildman–Crippen LogP) is 3.99. The minimum absolute atomic E-state index is 0.00732. The smallest absolute Gasteiger partial charge is 0.251 e. The van der Waals surface area contributed by atoms with Gasteiger partial charge in [0.2, 0.25) is 11.8 Å². The maximum Gasteiger partial charge on any atom is 0.251 e. The third-order valence-electron chi connectivity index (χ3n) is 5.98. The van der Waals surface area contributed by atoms with Gasteiger partial charge in [0.15, 0.2) is 0 Å². The number of carbonyl (C=O) groups excluding carboxylic acids is 3. The van der Waals surface area contributed by atoms with Crippen LogP contribution in [-0.4, -0.2) is 46.7 Å². The summed E-state index contributed by atoms with van der Waals surface area (Å²) in [6.45, 7) is 4.81. The minimum atomic E-state index is -0.359. The van der Waals surface area contributed by atoms with E-state index in [0.29, 0.717) is 35.8 Å². The zero-order valence-electron chi connectivity index (χ0n) is 18.7. The molecule has 1 saturated heterocycles. The van der Waals surface area contributed by atoms with Gasteiger partial charge in [-0.25, -0.2) is 0 Å². The molecule has 2 heterocycles. The first-order chi connectivity index (χ1) is 15.8. The number of fused-ring (bicyclic) bond motifs is 1. The topological polar surface area (TPSA) is 94.3 Å². The number of carbonyl (C=O) groups is 3. The Hall–Kier alpha value is -3.32. The number of anilines is 1. The average molecular weight is 467 g/mol. The van der Waals surface area contributed by atoms with E-state index in [2.05, 4.69) is 15.6 Å². The number of hydrogen-bond donors (Lipinski definition) is 3. The molecule has 3 aromatic rings. The van der Waals surface area contributed by atoms with Gasteiger partial charge in [-0.05, 0) is 68.3 Å². The van der Waals surface area contributed by atoms with Crippen LogP contribution in [0.4, 0.5) is 5.69 Å². The summed E-state index contributed by atoms with van der Waals surface area (Å²) in [4.78, 5) is 42.0. The van der Waals surface area contributed by atoms with Crippen LogP contribution in [0.5, 0.6) is 0 Å². The van der Waals surface area contributed by atoms with Gasteiger partial charge >= 0.3 is 0 Å². The molecule has 7 nitrogen and oxygen atoms in total. The number of hydrogen-bond acceptors (Lipinski definition) is 3. The summed E-state index contributed by atoms with van der Waals surface area (Å²) in [5.74, 6) is -0.711. The molecule has 0 radical (unpaired) electrons. The van der Waals surface area contributed by atoms with E-state index in [4.69, 9.17) is 11.6 Å². The molecule has 33 heavy (non-hydrogen) atoms. The van der Waals surface area contributed by atoms with E-state index in [1.165, 1.54) is 0 Å². The molecular weight excluding hydrogens is 440 g/mol. The Kier molecular flexibility index (Phi) is 6.70. The zero-order chi connectivity index (χ0) is 23.5. The number of aromatic amines is 1. The molecule has 1 aliphatic rings. The third kappa shape index (κ3) is 5.20. The van der Waals surface area contributed by atoms with E-state index in [1.54, 1.807) is 29.2 Å². The van der Waals surface area contributed by atoms with E-state index >= 15 is 0 Å². The van der Waals surface area contributed by atoms with Gasteiger partial charge in [-0.2, -0.15) is 0 Å². The van der Waals surface area contributed by atoms with Crippen molar-refractivity contribution in [1.82, 2.24) is 15.2 Å². The van der Waals surface area contributed by atoms with Crippen LogP contribution < -0.4 is 10.6 Å². The van der Waals surface area contributed by atoms with Crippen LogP contribution in [0.25, 0.3) is 10.9 Å². The summed E-state index contributed by atoms with van der Waals surface area (Å²) in [5, 5.41) is 7.51. The summed E-state index contributed by atoms with van der Waals surface area (Å²) in [6.07, 6.45) is 2.84. The SMILES string of the molecule is CC(C)N1CC(C(=O)Nc2ccc(C(=O)NCCc3c[nH]c4ccc(Cl)cc34)cc2)CC1=O. The lowest BCUT2D eigenvalue weighted by Gasteiger charge is -2.20. The second-order valence-corrected chi connectivity index (χ2v) is 9.05. The molecule has 172 valence electrons. The second kappa shape index (κ2) is 9.67. The first-order valence-corrected chi connectivity index (χ1v) is 11.4. The van der Waals surface area contributed by atoms with Crippen LogP contribution in [0, 0.1) is 5.92 Å². The van der Waals surface area contributed by atoms with Crippen molar-refractivity contribution in [3.63, 3.8) is 0 Å². The molecule has 1 unspecified atom stereocenters. The van der Waals surface area contributed by atoms with Crippen LogP contribution in [0.2, 0.25) is 5.02 Å². The number of H-pyrrole nitrogens is 1. The summed E-state index contributed by atoms with van der Waals surface area (Å²) in [7, 11) is 0. The maximum atomic E-state index is 12.5. The fourth-order valence-electron chi connectivity index (χ4n) is 4.13. The van der Waals surface area contributed by atoms with E-state index in [1.807, 2.05) is 38.2 Å². The lowest BCUT2D eigenvalue weighted by molar-refractivity contribution is -0.129. The molecule has 1 aromatic heterocycles. The molecule has 1 atom stereocenters. The first-order valence-electron chi connectivity index (χ1n) is 11.1. The number of benzene rings is 2. The molecule has 3 amide bonds. The molecule has 2 aromatic carbocycles. The van der Waals surface area contributed by atoms with E-state index < -0.39 is 0 Å². The largest absolute Gasteiger partial charge is 0.361 e. The molecule has 1 aliphatic heterocycles. The molecule has 8 heteroatoms. The molecular formula is C25H27ClN4O3. The Labute approximate surface area is 197 Å². The van der Waals surface area contributed by atoms with Gasteiger partial charge in [-0.3, -0.25) is 14.4 Å². The third-order valence-corrected chi connectivity index (χ3v) is 6.21. The van der Waals surface area contributed by atoms with Gasteiger partial charge in [-0.1, -0.05) is 11.6 Å². The summed E-state index contributed by atoms with van der Waals surface area (Å²) < 4.78 is 0. The highest BCUT2D eigenvalue weighted by Crippen LogP contribution is 2.23. The lowest BCUT2D eigenvalue weighted by Crippen LogP contribution is -2.33. The molecule has 3 N–H and O–H groups in total. The van der Waals surface area contributed by atoms with Crippen molar-refractivity contribution in [2.24, 2.45) is 5.92 Å². The number of halogens is 1. The normalized spacial score (nSPS) is 15.9. The van der Waals surface area contributed by atoms with Gasteiger partial charge in [0.1, 0.15) is 0 Å². The monoisotopic (exact) mass is 466 g/mol. The number of nitrogens with one attached hydrogen (secondary N) is 3. The summed E-state index contributed by atoms with van der Waals surface area (Å²) in [6, 6.07) is 12.5. The molecule has 1 fully saturated rings. The van der Waals surface area contributed by atoms with Gasteiger partial charge in [0, 0.05) is 58.9 Å². The standard InChI is InChI=1S/C25H27ClN4O3/c1-15(2)30-14-18(11-23(30)31)25(33)29-20-6-3-16(4-7-20)24(32)27-10-9-17-13-28-22-8-5-19(26)12-21(17)22/h3-8,12-13,15,18,28H,9-11,14H2,1-2H3,(H,27,32)(H,29,33). The van der Waals surface area contributed by atoms with Gasteiger partial charge in [0.05, 0.1) is 5.92 Å². The molecule has 0 aliphatic carbocycles. The van der Waals surface area contributed by atoms with Crippen molar-refractivity contribution in [1.29, 1.82) is 0 Å². The Balaban J connectivity index is 1.28. The minimum Gasteiger partial charge on any atom is -0.361 e. The van der Waals surface area contributed by atoms with E-state index in [-0.39, 0.29) is 36.1 Å². The van der Waals surface area contributed by atoms with Crippen LogP contribution in [0.3, 0.4) is 0 Å². The van der Waals surface area contributed by atoms with Crippen LogP contribution >= 0.6 is 11.6 Å². The number of amides is 3. The van der Waals surface area contributed by atoms with Crippen molar-refractivity contribution in [2.75, 3.05) is 18.4 Å². The average Bonchev–Trinajstić information content (AvgIpc) is 3.37. The quantitative estimate of drug-likeness (QED) is 0.491. The fraction of sp³-hybridized carbons (Fsp3) is 0.320. The van der Waals surface area contributed by atoms with Crippen molar-refractivity contribution < 1.29 is 14.4 Å². The summed E-state index contributed by atoms with van der Waals surface area (Å²) in [5.41, 5.74) is 3.21. The number of nitrogens with zero attached hydrogens (tertiary/aromatic N) is 1. The van der Waals surface area contributed by atoms with E-state index in [9.17, 15) is 14.4 Å². The Bertz CT molecular complexity index is 1190. The number of rotatable bonds is 7. The Morgan fingerprint density at radius 1 is 1.18 bits per heavy atom. The molecule has 0 saturated carbocycles. The fourth-order valence-corrected chi connectivity index (χ4v) is 4.30. The van der Waals surface area contributed by atoms with Gasteiger partial charge in [0.25, 0.3) is 5.91 Å². The van der Waals surface area contributed by atoms with Crippen LogP contribution in [0.1, 0.15) is 36.2 Å².